The van der Waals surface area contributed by atoms with E-state index in [2.05, 4.69) is 30.2 Å². The fraction of sp³-hybridized carbons (Fsp3) is 0.833. The van der Waals surface area contributed by atoms with Crippen LogP contribution in [0.4, 0.5) is 0 Å². The highest BCUT2D eigenvalue weighted by molar-refractivity contribution is 8.00. The maximum absolute atomic E-state index is 11.1. The van der Waals surface area contributed by atoms with Crippen molar-refractivity contribution in [2.24, 2.45) is 0 Å². The van der Waals surface area contributed by atoms with Crippen molar-refractivity contribution in [2.45, 2.75) is 18.9 Å². The molecule has 0 aromatic rings. The third-order valence-corrected chi connectivity index (χ3v) is 4.01. The van der Waals surface area contributed by atoms with Gasteiger partial charge in [0.15, 0.2) is 9.84 Å². The SMILES string of the molecule is C[C@]1(NC(=S)[S-])CCS(=O)(=O)C1. The molecule has 0 spiro atoms. The minimum atomic E-state index is -2.87. The Labute approximate surface area is 83.2 Å². The van der Waals surface area contributed by atoms with Gasteiger partial charge in [0.2, 0.25) is 0 Å². The summed E-state index contributed by atoms with van der Waals surface area (Å²) in [5.41, 5.74) is -0.433. The molecule has 0 aromatic carbocycles. The molecular formula is C6H10NO2S3-. The van der Waals surface area contributed by atoms with E-state index in [4.69, 9.17) is 0 Å². The zero-order valence-electron chi connectivity index (χ0n) is 6.66. The van der Waals surface area contributed by atoms with E-state index in [0.717, 1.165) is 0 Å². The Morgan fingerprint density at radius 3 is 2.58 bits per heavy atom. The average molecular weight is 224 g/mol. The summed E-state index contributed by atoms with van der Waals surface area (Å²) >= 11 is 9.38. The van der Waals surface area contributed by atoms with Crippen LogP contribution in [0.2, 0.25) is 0 Å². The lowest BCUT2D eigenvalue weighted by Crippen LogP contribution is -2.45. The van der Waals surface area contributed by atoms with Gasteiger partial charge in [-0.1, -0.05) is 4.32 Å². The molecule has 1 aliphatic rings. The summed E-state index contributed by atoms with van der Waals surface area (Å²) in [4.78, 5) is 0. The van der Waals surface area contributed by atoms with Crippen LogP contribution in [0, 0.1) is 0 Å². The molecule has 0 radical (unpaired) electrons. The number of thiocarbonyl (C=S) groups is 1. The second kappa shape index (κ2) is 3.08. The molecule has 1 fully saturated rings. The van der Waals surface area contributed by atoms with Crippen molar-refractivity contribution in [3.63, 3.8) is 0 Å². The Balaban J connectivity index is 2.71. The highest BCUT2D eigenvalue weighted by Gasteiger charge is 2.37. The minimum Gasteiger partial charge on any atom is -0.412 e. The van der Waals surface area contributed by atoms with Gasteiger partial charge < -0.3 is 30.2 Å². The van der Waals surface area contributed by atoms with Gasteiger partial charge in [-0.25, -0.2) is 8.42 Å². The predicted molar refractivity (Wildman–Crippen MR) is 54.8 cm³/mol. The number of nitrogens with one attached hydrogen (secondary N) is 1. The van der Waals surface area contributed by atoms with Crippen LogP contribution in [-0.2, 0) is 22.5 Å². The first kappa shape index (κ1) is 10.1. The van der Waals surface area contributed by atoms with E-state index in [0.29, 0.717) is 6.42 Å². The highest BCUT2D eigenvalue weighted by Crippen LogP contribution is 2.22. The summed E-state index contributed by atoms with van der Waals surface area (Å²) in [5.74, 6) is 0.366. The van der Waals surface area contributed by atoms with Crippen molar-refractivity contribution in [2.75, 3.05) is 11.5 Å². The number of rotatable bonds is 1. The van der Waals surface area contributed by atoms with E-state index < -0.39 is 15.4 Å². The van der Waals surface area contributed by atoms with Crippen LogP contribution in [0.3, 0.4) is 0 Å². The lowest BCUT2D eigenvalue weighted by molar-refractivity contribution is 0.478. The summed E-state index contributed by atoms with van der Waals surface area (Å²) in [6.07, 6.45) is 0.589. The standard InChI is InChI=1S/C6H11NO2S3/c1-6(7-5(10)11)2-3-12(8,9)4-6/h2-4H2,1H3,(H2,7,10,11)/p-1/t6-/m0/s1. The molecule has 0 bridgehead atoms. The molecule has 0 saturated carbocycles. The van der Waals surface area contributed by atoms with Crippen molar-refractivity contribution in [3.05, 3.63) is 0 Å². The largest absolute Gasteiger partial charge is 0.412 e. The van der Waals surface area contributed by atoms with Gasteiger partial charge in [-0.15, -0.1) is 0 Å². The summed E-state index contributed by atoms with van der Waals surface area (Å²) in [7, 11) is -2.87. The summed E-state index contributed by atoms with van der Waals surface area (Å²) in [6.45, 7) is 1.83. The van der Waals surface area contributed by atoms with Crippen molar-refractivity contribution >= 4 is 39.0 Å². The normalized spacial score (nSPS) is 33.1. The number of hydrogen-bond donors (Lipinski definition) is 1. The molecule has 0 aliphatic carbocycles. The molecule has 0 unspecified atom stereocenters. The van der Waals surface area contributed by atoms with E-state index in [-0.39, 0.29) is 15.8 Å². The van der Waals surface area contributed by atoms with E-state index in [9.17, 15) is 8.42 Å². The Morgan fingerprint density at radius 1 is 1.67 bits per heavy atom. The quantitative estimate of drug-likeness (QED) is 0.501. The number of hydrogen-bond acceptors (Lipinski definition) is 4. The fourth-order valence-corrected chi connectivity index (χ4v) is 3.94. The smallest absolute Gasteiger partial charge is 0.152 e. The Hall–Kier alpha value is 0.0600. The van der Waals surface area contributed by atoms with Crippen LogP contribution < -0.4 is 5.32 Å². The summed E-state index contributed by atoms with van der Waals surface area (Å²) in [5, 5.41) is 2.84. The van der Waals surface area contributed by atoms with Crippen molar-refractivity contribution in [1.29, 1.82) is 0 Å². The highest BCUT2D eigenvalue weighted by atomic mass is 32.2. The van der Waals surface area contributed by atoms with Crippen LogP contribution >= 0.6 is 12.2 Å². The molecule has 3 nitrogen and oxygen atoms in total. The van der Waals surface area contributed by atoms with Gasteiger partial charge in [0, 0.05) is 5.54 Å². The van der Waals surface area contributed by atoms with E-state index >= 15 is 0 Å². The second-order valence-corrected chi connectivity index (χ2v) is 6.57. The molecular weight excluding hydrogens is 214 g/mol. The fourth-order valence-electron chi connectivity index (χ4n) is 1.36. The lowest BCUT2D eigenvalue weighted by Gasteiger charge is -2.27. The van der Waals surface area contributed by atoms with Gasteiger partial charge in [0.1, 0.15) is 0 Å². The van der Waals surface area contributed by atoms with E-state index in [1.807, 2.05) is 6.92 Å². The summed E-state index contributed by atoms with van der Waals surface area (Å²) < 4.78 is 22.5. The Morgan fingerprint density at radius 2 is 2.25 bits per heavy atom. The first-order valence-electron chi connectivity index (χ1n) is 3.53. The van der Waals surface area contributed by atoms with Crippen molar-refractivity contribution in [1.82, 2.24) is 5.32 Å². The van der Waals surface area contributed by atoms with Crippen LogP contribution in [0.15, 0.2) is 0 Å². The Bertz CT molecular complexity index is 298. The summed E-state index contributed by atoms with van der Waals surface area (Å²) in [6, 6.07) is 0. The molecule has 1 aliphatic heterocycles. The van der Waals surface area contributed by atoms with Crippen LogP contribution in [0.5, 0.6) is 0 Å². The van der Waals surface area contributed by atoms with Crippen LogP contribution in [-0.4, -0.2) is 29.8 Å². The van der Waals surface area contributed by atoms with Crippen molar-refractivity contribution < 1.29 is 8.42 Å². The number of sulfone groups is 1. The van der Waals surface area contributed by atoms with Crippen LogP contribution in [0.25, 0.3) is 0 Å². The minimum absolute atomic E-state index is 0.136. The first-order chi connectivity index (χ1) is 5.33. The monoisotopic (exact) mass is 224 g/mol. The van der Waals surface area contributed by atoms with Crippen molar-refractivity contribution in [3.8, 4) is 0 Å². The molecule has 12 heavy (non-hydrogen) atoms. The molecule has 1 heterocycles. The molecule has 1 saturated heterocycles. The van der Waals surface area contributed by atoms with Gasteiger partial charge in [0.25, 0.3) is 0 Å². The van der Waals surface area contributed by atoms with E-state index in [1.54, 1.807) is 0 Å². The third-order valence-electron chi connectivity index (χ3n) is 1.91. The molecule has 1 atom stereocenters. The topological polar surface area (TPSA) is 46.2 Å². The van der Waals surface area contributed by atoms with Gasteiger partial charge in [-0.3, -0.25) is 0 Å². The van der Waals surface area contributed by atoms with Gasteiger partial charge in [-0.05, 0) is 13.3 Å². The maximum atomic E-state index is 11.1. The lowest BCUT2D eigenvalue weighted by atomic mass is 10.0. The van der Waals surface area contributed by atoms with E-state index in [1.165, 1.54) is 0 Å². The Kier molecular flexibility index (Phi) is 2.60. The van der Waals surface area contributed by atoms with Crippen LogP contribution in [0.1, 0.15) is 13.3 Å². The first-order valence-corrected chi connectivity index (χ1v) is 6.16. The molecule has 6 heteroatoms. The average Bonchev–Trinajstić information content (AvgIpc) is 2.03. The molecule has 1 N–H and O–H groups in total. The van der Waals surface area contributed by atoms with Gasteiger partial charge in [-0.2, -0.15) is 0 Å². The van der Waals surface area contributed by atoms with Gasteiger partial charge in [0.05, 0.1) is 11.5 Å². The third kappa shape index (κ3) is 2.53. The van der Waals surface area contributed by atoms with Gasteiger partial charge >= 0.3 is 0 Å². The molecule has 1 rings (SSSR count). The second-order valence-electron chi connectivity index (χ2n) is 3.32. The maximum Gasteiger partial charge on any atom is 0.152 e. The molecule has 70 valence electrons. The zero-order valence-corrected chi connectivity index (χ0v) is 9.11. The zero-order chi connectivity index (χ0) is 9.41. The molecule has 0 amide bonds. The molecule has 0 aromatic heterocycles. The predicted octanol–water partition coefficient (Wildman–Crippen LogP) is -0.0150.